The van der Waals surface area contributed by atoms with Crippen LogP contribution in [0.4, 0.5) is 0 Å². The summed E-state index contributed by atoms with van der Waals surface area (Å²) in [6.07, 6.45) is 0. The Hall–Kier alpha value is -2.49. The van der Waals surface area contributed by atoms with Crippen LogP contribution in [0.1, 0.15) is 29.8 Å². The van der Waals surface area contributed by atoms with E-state index in [0.717, 1.165) is 0 Å². The van der Waals surface area contributed by atoms with Crippen LogP contribution in [0.3, 0.4) is 0 Å². The van der Waals surface area contributed by atoms with Crippen LogP contribution in [0, 0.1) is 5.92 Å². The van der Waals surface area contributed by atoms with Crippen LogP contribution >= 0.6 is 0 Å². The van der Waals surface area contributed by atoms with E-state index in [-0.39, 0.29) is 22.8 Å². The van der Waals surface area contributed by atoms with Gasteiger partial charge in [0.25, 0.3) is 0 Å². The fourth-order valence-corrected chi connectivity index (χ4v) is 1.82. The van der Waals surface area contributed by atoms with Crippen LogP contribution < -0.4 is 4.74 Å². The summed E-state index contributed by atoms with van der Waals surface area (Å²) >= 11 is 0. The fraction of sp³-hybridized carbons (Fsp3) is 0.235. The molecule has 0 amide bonds. The normalized spacial score (nSPS) is 10.6. The molecule has 2 N–H and O–H groups in total. The first-order valence-electron chi connectivity index (χ1n) is 6.77. The third-order valence-corrected chi connectivity index (χ3v) is 2.93. The Kier molecular flexibility index (Phi) is 4.48. The summed E-state index contributed by atoms with van der Waals surface area (Å²) in [4.78, 5) is 12.3. The standard InChI is InChI=1S/C17H18O4/c1-11(2)10-21-14-7-8-15(16(19)9-14)17(20)12-3-5-13(18)6-4-12/h3-9,11,18-19H,10H2,1-2H3. The van der Waals surface area contributed by atoms with Crippen LogP contribution in [0.25, 0.3) is 0 Å². The molecule has 4 heteroatoms. The minimum Gasteiger partial charge on any atom is -0.508 e. The summed E-state index contributed by atoms with van der Waals surface area (Å²) < 4.78 is 5.50. The van der Waals surface area contributed by atoms with Gasteiger partial charge in [-0.15, -0.1) is 0 Å². The number of ether oxygens (including phenoxy) is 1. The molecule has 0 heterocycles. The molecule has 0 aliphatic heterocycles. The van der Waals surface area contributed by atoms with Crippen LogP contribution in [0.5, 0.6) is 17.2 Å². The zero-order chi connectivity index (χ0) is 15.4. The van der Waals surface area contributed by atoms with Crippen molar-refractivity contribution >= 4 is 5.78 Å². The highest BCUT2D eigenvalue weighted by molar-refractivity contribution is 6.10. The summed E-state index contributed by atoms with van der Waals surface area (Å²) in [6, 6.07) is 10.5. The molecular formula is C17H18O4. The van der Waals surface area contributed by atoms with E-state index in [1.54, 1.807) is 12.1 Å². The minimum absolute atomic E-state index is 0.0909. The molecule has 0 radical (unpaired) electrons. The van der Waals surface area contributed by atoms with Gasteiger partial charge >= 0.3 is 0 Å². The SMILES string of the molecule is CC(C)COc1ccc(C(=O)c2ccc(O)cc2)c(O)c1. The lowest BCUT2D eigenvalue weighted by molar-refractivity contribution is 0.103. The van der Waals surface area contributed by atoms with Gasteiger partial charge in [0, 0.05) is 11.6 Å². The molecule has 0 unspecified atom stereocenters. The van der Waals surface area contributed by atoms with Gasteiger partial charge in [0.1, 0.15) is 17.2 Å². The Balaban J connectivity index is 2.20. The Morgan fingerprint density at radius 2 is 1.76 bits per heavy atom. The molecule has 0 aliphatic carbocycles. The van der Waals surface area contributed by atoms with Crippen molar-refractivity contribution in [3.05, 3.63) is 53.6 Å². The summed E-state index contributed by atoms with van der Waals surface area (Å²) in [5.41, 5.74) is 0.608. The van der Waals surface area contributed by atoms with Crippen molar-refractivity contribution in [2.45, 2.75) is 13.8 Å². The molecule has 0 aliphatic rings. The maximum absolute atomic E-state index is 12.3. The third kappa shape index (κ3) is 3.75. The average Bonchev–Trinajstić information content (AvgIpc) is 2.45. The maximum atomic E-state index is 12.3. The largest absolute Gasteiger partial charge is 0.508 e. The van der Waals surface area contributed by atoms with Crippen LogP contribution in [-0.2, 0) is 0 Å². The molecule has 0 atom stereocenters. The smallest absolute Gasteiger partial charge is 0.196 e. The number of carbonyl (C=O) groups excluding carboxylic acids is 1. The lowest BCUT2D eigenvalue weighted by Crippen LogP contribution is -2.05. The van der Waals surface area contributed by atoms with Crippen molar-refractivity contribution in [3.8, 4) is 17.2 Å². The molecule has 2 aromatic rings. The molecule has 0 saturated heterocycles. The average molecular weight is 286 g/mol. The van der Waals surface area contributed by atoms with Gasteiger partial charge < -0.3 is 14.9 Å². The lowest BCUT2D eigenvalue weighted by atomic mass is 10.0. The predicted molar refractivity (Wildman–Crippen MR) is 80.0 cm³/mol. The van der Waals surface area contributed by atoms with E-state index in [2.05, 4.69) is 0 Å². The van der Waals surface area contributed by atoms with E-state index < -0.39 is 0 Å². The second kappa shape index (κ2) is 6.31. The maximum Gasteiger partial charge on any atom is 0.196 e. The molecule has 4 nitrogen and oxygen atoms in total. The van der Waals surface area contributed by atoms with Gasteiger partial charge in [-0.3, -0.25) is 4.79 Å². The van der Waals surface area contributed by atoms with Crippen molar-refractivity contribution in [3.63, 3.8) is 0 Å². The number of rotatable bonds is 5. The van der Waals surface area contributed by atoms with E-state index in [0.29, 0.717) is 23.8 Å². The Labute approximate surface area is 123 Å². The molecule has 0 aromatic heterocycles. The highest BCUT2D eigenvalue weighted by Crippen LogP contribution is 2.26. The first kappa shape index (κ1) is 14.9. The monoisotopic (exact) mass is 286 g/mol. The third-order valence-electron chi connectivity index (χ3n) is 2.93. The van der Waals surface area contributed by atoms with Crippen LogP contribution in [-0.4, -0.2) is 22.6 Å². The summed E-state index contributed by atoms with van der Waals surface area (Å²) in [5.74, 6) is 0.583. The highest BCUT2D eigenvalue weighted by atomic mass is 16.5. The number of phenolic OH excluding ortho intramolecular Hbond substituents is 2. The number of phenols is 2. The van der Waals surface area contributed by atoms with Crippen molar-refractivity contribution in [1.29, 1.82) is 0 Å². The molecule has 21 heavy (non-hydrogen) atoms. The van der Waals surface area contributed by atoms with Gasteiger partial charge in [0.2, 0.25) is 0 Å². The first-order chi connectivity index (χ1) is 9.97. The Morgan fingerprint density at radius 3 is 2.33 bits per heavy atom. The summed E-state index contributed by atoms with van der Waals surface area (Å²) in [7, 11) is 0. The number of hydrogen-bond acceptors (Lipinski definition) is 4. The minimum atomic E-state index is -0.303. The van der Waals surface area contributed by atoms with Gasteiger partial charge in [-0.2, -0.15) is 0 Å². The van der Waals surface area contributed by atoms with Crippen molar-refractivity contribution < 1.29 is 19.7 Å². The summed E-state index contributed by atoms with van der Waals surface area (Å²) in [5, 5.41) is 19.2. The van der Waals surface area contributed by atoms with E-state index in [1.807, 2.05) is 13.8 Å². The van der Waals surface area contributed by atoms with Crippen LogP contribution in [0.2, 0.25) is 0 Å². The quantitative estimate of drug-likeness (QED) is 0.827. The van der Waals surface area contributed by atoms with Gasteiger partial charge in [-0.25, -0.2) is 0 Å². The zero-order valence-electron chi connectivity index (χ0n) is 12.0. The molecule has 0 bridgehead atoms. The van der Waals surface area contributed by atoms with Gasteiger partial charge in [0.05, 0.1) is 12.2 Å². The second-order valence-corrected chi connectivity index (χ2v) is 5.26. The Morgan fingerprint density at radius 1 is 1.10 bits per heavy atom. The van der Waals surface area contributed by atoms with E-state index in [9.17, 15) is 15.0 Å². The molecule has 0 fully saturated rings. The van der Waals surface area contributed by atoms with E-state index in [4.69, 9.17) is 4.74 Å². The molecule has 0 saturated carbocycles. The number of hydrogen-bond donors (Lipinski definition) is 2. The lowest BCUT2D eigenvalue weighted by Gasteiger charge is -2.10. The number of carbonyl (C=O) groups is 1. The molecule has 2 aromatic carbocycles. The fourth-order valence-electron chi connectivity index (χ4n) is 1.82. The van der Waals surface area contributed by atoms with E-state index >= 15 is 0 Å². The molecule has 110 valence electrons. The molecule has 0 spiro atoms. The first-order valence-corrected chi connectivity index (χ1v) is 6.77. The van der Waals surface area contributed by atoms with Crippen molar-refractivity contribution in [2.75, 3.05) is 6.61 Å². The topological polar surface area (TPSA) is 66.8 Å². The van der Waals surface area contributed by atoms with Gasteiger partial charge in [-0.1, -0.05) is 13.8 Å². The predicted octanol–water partition coefficient (Wildman–Crippen LogP) is 3.36. The van der Waals surface area contributed by atoms with E-state index in [1.165, 1.54) is 30.3 Å². The van der Waals surface area contributed by atoms with Gasteiger partial charge in [-0.05, 0) is 42.3 Å². The van der Waals surface area contributed by atoms with Crippen molar-refractivity contribution in [1.82, 2.24) is 0 Å². The van der Waals surface area contributed by atoms with Crippen LogP contribution in [0.15, 0.2) is 42.5 Å². The van der Waals surface area contributed by atoms with Gasteiger partial charge in [0.15, 0.2) is 5.78 Å². The zero-order valence-corrected chi connectivity index (χ0v) is 12.0. The van der Waals surface area contributed by atoms with Crippen molar-refractivity contribution in [2.24, 2.45) is 5.92 Å². The summed E-state index contributed by atoms with van der Waals surface area (Å²) in [6.45, 7) is 4.61. The highest BCUT2D eigenvalue weighted by Gasteiger charge is 2.14. The number of ketones is 1. The second-order valence-electron chi connectivity index (χ2n) is 5.26. The Bertz CT molecular complexity index is 630. The number of aromatic hydroxyl groups is 2. The molecular weight excluding hydrogens is 268 g/mol. The number of benzene rings is 2. The molecule has 2 rings (SSSR count).